The van der Waals surface area contributed by atoms with E-state index in [1.807, 2.05) is 30.3 Å². The summed E-state index contributed by atoms with van der Waals surface area (Å²) in [5.74, 6) is 0.813. The summed E-state index contributed by atoms with van der Waals surface area (Å²) >= 11 is 12.5. The molecule has 0 amide bonds. The van der Waals surface area contributed by atoms with Crippen molar-refractivity contribution in [3.8, 4) is 5.75 Å². The minimum Gasteiger partial charge on any atom is -0.488 e. The van der Waals surface area contributed by atoms with Crippen molar-refractivity contribution < 1.29 is 4.74 Å². The molecule has 5 heteroatoms. The van der Waals surface area contributed by atoms with Gasteiger partial charge in [-0.2, -0.15) is 0 Å². The molecular weight excluding hydrogens is 391 g/mol. The van der Waals surface area contributed by atoms with Gasteiger partial charge in [-0.3, -0.25) is 0 Å². The quantitative estimate of drug-likeness (QED) is 0.560. The third-order valence-corrected chi connectivity index (χ3v) is 6.17. The maximum absolute atomic E-state index is 6.33. The highest BCUT2D eigenvalue weighted by Crippen LogP contribution is 2.35. The number of anilines is 1. The lowest BCUT2D eigenvalue weighted by Crippen LogP contribution is -2.50. The van der Waals surface area contributed by atoms with Crippen molar-refractivity contribution in [2.75, 3.05) is 24.5 Å². The number of ether oxygens (including phenoxy) is 1. The van der Waals surface area contributed by atoms with E-state index < -0.39 is 0 Å². The van der Waals surface area contributed by atoms with Crippen LogP contribution in [0.5, 0.6) is 5.75 Å². The second kappa shape index (κ2) is 8.60. The molecule has 146 valence electrons. The summed E-state index contributed by atoms with van der Waals surface area (Å²) in [6, 6.07) is 18.9. The second-order valence-electron chi connectivity index (χ2n) is 7.17. The van der Waals surface area contributed by atoms with Crippen LogP contribution >= 0.6 is 23.2 Å². The Hall–Kier alpha value is -1.94. The number of benzene rings is 3. The molecule has 1 aliphatic heterocycles. The normalized spacial score (nSPS) is 17.1. The van der Waals surface area contributed by atoms with Gasteiger partial charge in [-0.1, -0.05) is 54.4 Å². The molecule has 1 aliphatic rings. The van der Waals surface area contributed by atoms with Crippen LogP contribution in [-0.4, -0.2) is 25.7 Å². The molecule has 1 heterocycles. The summed E-state index contributed by atoms with van der Waals surface area (Å²) < 4.78 is 6.09. The molecule has 3 nitrogen and oxygen atoms in total. The van der Waals surface area contributed by atoms with E-state index in [0.29, 0.717) is 22.7 Å². The zero-order valence-corrected chi connectivity index (χ0v) is 17.4. The minimum atomic E-state index is 0.513. The summed E-state index contributed by atoms with van der Waals surface area (Å²) in [5.41, 5.74) is 2.42. The first kappa shape index (κ1) is 19.4. The summed E-state index contributed by atoms with van der Waals surface area (Å²) in [6.45, 7) is 5.89. The first-order valence-electron chi connectivity index (χ1n) is 9.72. The summed E-state index contributed by atoms with van der Waals surface area (Å²) in [4.78, 5) is 2.45. The van der Waals surface area contributed by atoms with E-state index in [4.69, 9.17) is 27.9 Å². The molecule has 0 radical (unpaired) electrons. The Balaban J connectivity index is 1.46. The molecule has 0 aromatic heterocycles. The Bertz CT molecular complexity index is 959. The summed E-state index contributed by atoms with van der Waals surface area (Å²) in [6.07, 6.45) is 1.16. The van der Waals surface area contributed by atoms with Crippen LogP contribution in [0.1, 0.15) is 18.9 Å². The summed E-state index contributed by atoms with van der Waals surface area (Å²) in [7, 11) is 0. The van der Waals surface area contributed by atoms with E-state index in [9.17, 15) is 0 Å². The number of hydrogen-bond donors (Lipinski definition) is 1. The van der Waals surface area contributed by atoms with Crippen molar-refractivity contribution in [1.29, 1.82) is 0 Å². The van der Waals surface area contributed by atoms with Crippen LogP contribution in [0, 0.1) is 0 Å². The second-order valence-corrected chi connectivity index (χ2v) is 7.96. The Morgan fingerprint density at radius 3 is 2.64 bits per heavy atom. The fourth-order valence-electron chi connectivity index (χ4n) is 3.69. The van der Waals surface area contributed by atoms with Gasteiger partial charge in [0.15, 0.2) is 0 Å². The molecule has 1 unspecified atom stereocenters. The molecule has 0 bridgehead atoms. The van der Waals surface area contributed by atoms with Crippen molar-refractivity contribution >= 4 is 39.7 Å². The Kier molecular flexibility index (Phi) is 5.96. The molecule has 28 heavy (non-hydrogen) atoms. The fourth-order valence-corrected chi connectivity index (χ4v) is 4.08. The van der Waals surface area contributed by atoms with Gasteiger partial charge >= 0.3 is 0 Å². The first-order chi connectivity index (χ1) is 13.7. The van der Waals surface area contributed by atoms with Crippen LogP contribution in [0.3, 0.4) is 0 Å². The van der Waals surface area contributed by atoms with Gasteiger partial charge in [0.1, 0.15) is 12.4 Å². The molecule has 1 fully saturated rings. The number of nitrogens with one attached hydrogen (secondary N) is 1. The Morgan fingerprint density at radius 1 is 1.04 bits per heavy atom. The van der Waals surface area contributed by atoms with Gasteiger partial charge in [0.2, 0.25) is 0 Å². The van der Waals surface area contributed by atoms with Crippen molar-refractivity contribution in [2.45, 2.75) is 26.0 Å². The number of fused-ring (bicyclic) bond motifs is 1. The third-order valence-electron chi connectivity index (χ3n) is 5.35. The largest absolute Gasteiger partial charge is 0.488 e. The molecule has 1 saturated heterocycles. The lowest BCUT2D eigenvalue weighted by molar-refractivity contribution is 0.310. The van der Waals surface area contributed by atoms with Gasteiger partial charge in [-0.15, -0.1) is 0 Å². The zero-order chi connectivity index (χ0) is 19.5. The molecule has 3 aromatic rings. The smallest absolute Gasteiger partial charge is 0.127 e. The van der Waals surface area contributed by atoms with Crippen molar-refractivity contribution in [1.82, 2.24) is 5.32 Å². The molecule has 4 rings (SSSR count). The molecule has 0 aliphatic carbocycles. The van der Waals surface area contributed by atoms with Gasteiger partial charge in [-0.05, 0) is 42.3 Å². The average molecular weight is 415 g/mol. The fraction of sp³-hybridized carbons (Fsp3) is 0.304. The lowest BCUT2D eigenvalue weighted by atomic mass is 10.1. The zero-order valence-electron chi connectivity index (χ0n) is 15.9. The summed E-state index contributed by atoms with van der Waals surface area (Å²) in [5, 5.41) is 6.56. The third kappa shape index (κ3) is 4.07. The van der Waals surface area contributed by atoms with Crippen LogP contribution in [0.25, 0.3) is 10.8 Å². The van der Waals surface area contributed by atoms with Gasteiger partial charge < -0.3 is 15.0 Å². The molecule has 0 saturated carbocycles. The van der Waals surface area contributed by atoms with Crippen LogP contribution in [0.2, 0.25) is 10.0 Å². The SMILES string of the molecule is CCC1CN(c2ccc(COc3cccc4c(Cl)c(Cl)ccc34)cc2)CCN1. The Labute approximate surface area is 176 Å². The van der Waals surface area contributed by atoms with Gasteiger partial charge in [0.25, 0.3) is 0 Å². The highest BCUT2D eigenvalue weighted by Gasteiger charge is 2.17. The van der Waals surface area contributed by atoms with Crippen LogP contribution in [-0.2, 0) is 6.61 Å². The number of nitrogens with zero attached hydrogens (tertiary/aromatic N) is 1. The number of hydrogen-bond acceptors (Lipinski definition) is 3. The predicted octanol–water partition coefficient (Wildman–Crippen LogP) is 5.91. The standard InChI is InChI=1S/C23H24Cl2N2O/c1-2-17-14-27(13-12-26-17)18-8-6-16(7-9-18)15-28-22-5-3-4-20-19(22)10-11-21(24)23(20)25/h3-11,17,26H,2,12-15H2,1H3. The van der Waals surface area contributed by atoms with Crippen LogP contribution in [0.15, 0.2) is 54.6 Å². The van der Waals surface area contributed by atoms with E-state index in [1.165, 1.54) is 5.69 Å². The molecule has 1 atom stereocenters. The van der Waals surface area contributed by atoms with Gasteiger partial charge in [0.05, 0.1) is 10.0 Å². The highest BCUT2D eigenvalue weighted by atomic mass is 35.5. The molecule has 3 aromatic carbocycles. The maximum atomic E-state index is 6.33. The number of halogens is 2. The Morgan fingerprint density at radius 2 is 1.86 bits per heavy atom. The molecule has 1 N–H and O–H groups in total. The predicted molar refractivity (Wildman–Crippen MR) is 119 cm³/mol. The topological polar surface area (TPSA) is 24.5 Å². The van der Waals surface area contributed by atoms with Gasteiger partial charge in [0, 0.05) is 42.1 Å². The lowest BCUT2D eigenvalue weighted by Gasteiger charge is -2.35. The molecule has 0 spiro atoms. The van der Waals surface area contributed by atoms with E-state index in [-0.39, 0.29) is 0 Å². The first-order valence-corrected chi connectivity index (χ1v) is 10.5. The van der Waals surface area contributed by atoms with E-state index in [0.717, 1.165) is 48.1 Å². The van der Waals surface area contributed by atoms with Crippen LogP contribution in [0.4, 0.5) is 5.69 Å². The maximum Gasteiger partial charge on any atom is 0.127 e. The molecular formula is C23H24Cl2N2O. The van der Waals surface area contributed by atoms with E-state index in [1.54, 1.807) is 0 Å². The van der Waals surface area contributed by atoms with Gasteiger partial charge in [-0.25, -0.2) is 0 Å². The van der Waals surface area contributed by atoms with Crippen molar-refractivity contribution in [3.05, 3.63) is 70.2 Å². The van der Waals surface area contributed by atoms with Crippen molar-refractivity contribution in [3.63, 3.8) is 0 Å². The van der Waals surface area contributed by atoms with E-state index >= 15 is 0 Å². The monoisotopic (exact) mass is 414 g/mol. The van der Waals surface area contributed by atoms with Crippen molar-refractivity contribution in [2.24, 2.45) is 0 Å². The minimum absolute atomic E-state index is 0.513. The number of rotatable bonds is 5. The van der Waals surface area contributed by atoms with Crippen LogP contribution < -0.4 is 15.0 Å². The average Bonchev–Trinajstić information content (AvgIpc) is 2.75. The highest BCUT2D eigenvalue weighted by molar-refractivity contribution is 6.45. The number of piperazine rings is 1. The van der Waals surface area contributed by atoms with E-state index in [2.05, 4.69) is 41.4 Å².